The zero-order valence-corrected chi connectivity index (χ0v) is 15.1. The molecule has 0 aliphatic rings. The van der Waals surface area contributed by atoms with Gasteiger partial charge in [0, 0.05) is 12.1 Å². The molecule has 0 spiro atoms. The van der Waals surface area contributed by atoms with Gasteiger partial charge in [-0.3, -0.25) is 4.79 Å². The van der Waals surface area contributed by atoms with Crippen LogP contribution in [-0.4, -0.2) is 41.5 Å². The molecule has 27 heavy (non-hydrogen) atoms. The molecule has 0 aromatic heterocycles. The minimum Gasteiger partial charge on any atom is -0.481 e. The molecule has 2 aromatic rings. The first kappa shape index (κ1) is 20.4. The molecule has 2 rings (SSSR count). The highest BCUT2D eigenvalue weighted by Gasteiger charge is 2.22. The van der Waals surface area contributed by atoms with Crippen molar-refractivity contribution in [3.8, 4) is 5.75 Å². The average Bonchev–Trinajstić information content (AvgIpc) is 2.60. The van der Waals surface area contributed by atoms with Gasteiger partial charge >= 0.3 is 5.97 Å². The van der Waals surface area contributed by atoms with Crippen molar-refractivity contribution in [3.63, 3.8) is 0 Å². The Morgan fingerprint density at radius 3 is 2.22 bits per heavy atom. The number of carbonyl (C=O) groups is 2. The van der Waals surface area contributed by atoms with E-state index < -0.39 is 31.5 Å². The number of hydrogen-bond acceptors (Lipinski definition) is 3. The normalized spacial score (nSPS) is 10.7. The third-order valence-corrected chi connectivity index (χ3v) is 3.91. The standard InChI is InChI=1S/C20H21F2NO4/c1-13-8-16(9-14(2)19(13)27-12-18(24)25)20(26)23(11-17(21)22)10-15-6-4-3-5-7-15/h3-9,17H,10-12H2,1-2H3,(H,24,25). The molecule has 7 heteroatoms. The van der Waals surface area contributed by atoms with E-state index in [9.17, 15) is 18.4 Å². The number of rotatable bonds is 8. The number of alkyl halides is 2. The van der Waals surface area contributed by atoms with Crippen LogP contribution < -0.4 is 4.74 Å². The van der Waals surface area contributed by atoms with Crippen molar-refractivity contribution < 1.29 is 28.2 Å². The fourth-order valence-electron chi connectivity index (χ4n) is 2.81. The molecule has 5 nitrogen and oxygen atoms in total. The minimum atomic E-state index is -2.65. The first-order chi connectivity index (χ1) is 12.8. The molecule has 0 radical (unpaired) electrons. The van der Waals surface area contributed by atoms with Gasteiger partial charge in [0.1, 0.15) is 5.75 Å². The predicted octanol–water partition coefficient (Wildman–Crippen LogP) is 3.67. The largest absolute Gasteiger partial charge is 0.481 e. The van der Waals surface area contributed by atoms with Gasteiger partial charge in [-0.2, -0.15) is 0 Å². The molecular formula is C20H21F2NO4. The Balaban J connectivity index is 2.27. The Hall–Kier alpha value is -2.96. The highest BCUT2D eigenvalue weighted by Crippen LogP contribution is 2.26. The van der Waals surface area contributed by atoms with Crippen LogP contribution in [-0.2, 0) is 11.3 Å². The van der Waals surface area contributed by atoms with Gasteiger partial charge in [-0.15, -0.1) is 0 Å². The summed E-state index contributed by atoms with van der Waals surface area (Å²) in [5, 5.41) is 8.74. The van der Waals surface area contributed by atoms with Crippen molar-refractivity contribution in [2.45, 2.75) is 26.8 Å². The molecule has 0 aliphatic heterocycles. The summed E-state index contributed by atoms with van der Waals surface area (Å²) in [6.07, 6.45) is -2.65. The van der Waals surface area contributed by atoms with Crippen LogP contribution in [0.15, 0.2) is 42.5 Å². The van der Waals surface area contributed by atoms with Crippen LogP contribution in [0.5, 0.6) is 5.75 Å². The van der Waals surface area contributed by atoms with Crippen LogP contribution in [0.25, 0.3) is 0 Å². The average molecular weight is 377 g/mol. The molecule has 1 N–H and O–H groups in total. The van der Waals surface area contributed by atoms with E-state index in [1.165, 1.54) is 12.1 Å². The highest BCUT2D eigenvalue weighted by molar-refractivity contribution is 5.95. The van der Waals surface area contributed by atoms with Gasteiger partial charge in [0.25, 0.3) is 12.3 Å². The first-order valence-electron chi connectivity index (χ1n) is 8.35. The highest BCUT2D eigenvalue weighted by atomic mass is 19.3. The number of amides is 1. The molecular weight excluding hydrogens is 356 g/mol. The van der Waals surface area contributed by atoms with E-state index in [2.05, 4.69) is 0 Å². The molecule has 1 amide bonds. The van der Waals surface area contributed by atoms with E-state index in [1.807, 2.05) is 6.07 Å². The van der Waals surface area contributed by atoms with Gasteiger partial charge in [0.15, 0.2) is 6.61 Å². The fourth-order valence-corrected chi connectivity index (χ4v) is 2.81. The summed E-state index contributed by atoms with van der Waals surface area (Å²) < 4.78 is 31.2. The van der Waals surface area contributed by atoms with E-state index in [0.29, 0.717) is 16.9 Å². The fraction of sp³-hybridized carbons (Fsp3) is 0.300. The first-order valence-corrected chi connectivity index (χ1v) is 8.35. The molecule has 0 unspecified atom stereocenters. The Morgan fingerprint density at radius 2 is 1.70 bits per heavy atom. The number of carboxylic acids is 1. The van der Waals surface area contributed by atoms with Crippen molar-refractivity contribution in [3.05, 3.63) is 64.7 Å². The van der Waals surface area contributed by atoms with E-state index in [4.69, 9.17) is 9.84 Å². The van der Waals surface area contributed by atoms with Gasteiger partial charge in [0.2, 0.25) is 0 Å². The molecule has 0 heterocycles. The summed E-state index contributed by atoms with van der Waals surface area (Å²) in [6, 6.07) is 12.0. The molecule has 0 fully saturated rings. The Kier molecular flexibility index (Phi) is 6.87. The second kappa shape index (κ2) is 9.12. The molecule has 0 saturated heterocycles. The van der Waals surface area contributed by atoms with Crippen molar-refractivity contribution in [1.29, 1.82) is 0 Å². The second-order valence-corrected chi connectivity index (χ2v) is 6.18. The summed E-state index contributed by atoms with van der Waals surface area (Å²) in [4.78, 5) is 24.6. The number of carboxylic acid groups (broad SMARTS) is 1. The summed E-state index contributed by atoms with van der Waals surface area (Å²) in [7, 11) is 0. The zero-order chi connectivity index (χ0) is 20.0. The minimum absolute atomic E-state index is 0.0688. The number of nitrogens with zero attached hydrogens (tertiary/aromatic N) is 1. The number of carbonyl (C=O) groups excluding carboxylic acids is 1. The molecule has 144 valence electrons. The SMILES string of the molecule is Cc1cc(C(=O)N(Cc2ccccc2)CC(F)F)cc(C)c1OCC(=O)O. The third-order valence-electron chi connectivity index (χ3n) is 3.91. The van der Waals surface area contributed by atoms with Crippen LogP contribution in [0.2, 0.25) is 0 Å². The third kappa shape index (κ3) is 5.77. The van der Waals surface area contributed by atoms with Crippen molar-refractivity contribution >= 4 is 11.9 Å². The lowest BCUT2D eigenvalue weighted by atomic mass is 10.0. The molecule has 0 saturated carbocycles. The Labute approximate surface area is 156 Å². The maximum atomic E-state index is 13.0. The van der Waals surface area contributed by atoms with E-state index in [-0.39, 0.29) is 12.1 Å². The molecule has 2 aromatic carbocycles. The summed E-state index contributed by atoms with van der Waals surface area (Å²) in [5.41, 5.74) is 2.14. The number of hydrogen-bond donors (Lipinski definition) is 1. The molecule has 0 atom stereocenters. The predicted molar refractivity (Wildman–Crippen MR) is 96.2 cm³/mol. The van der Waals surface area contributed by atoms with Crippen LogP contribution in [0, 0.1) is 13.8 Å². The van der Waals surface area contributed by atoms with Gasteiger partial charge in [-0.1, -0.05) is 30.3 Å². The number of ether oxygens (including phenoxy) is 1. The van der Waals surface area contributed by atoms with Crippen LogP contribution >= 0.6 is 0 Å². The van der Waals surface area contributed by atoms with Crippen LogP contribution in [0.3, 0.4) is 0 Å². The quantitative estimate of drug-likeness (QED) is 0.762. The number of benzene rings is 2. The van der Waals surface area contributed by atoms with E-state index in [1.54, 1.807) is 38.1 Å². The van der Waals surface area contributed by atoms with Gasteiger partial charge < -0.3 is 14.7 Å². The Bertz CT molecular complexity index is 786. The maximum absolute atomic E-state index is 13.0. The lowest BCUT2D eigenvalue weighted by Crippen LogP contribution is -2.34. The van der Waals surface area contributed by atoms with E-state index in [0.717, 1.165) is 10.5 Å². The van der Waals surface area contributed by atoms with Crippen molar-refractivity contribution in [1.82, 2.24) is 4.90 Å². The number of aryl methyl sites for hydroxylation is 2. The monoisotopic (exact) mass is 377 g/mol. The van der Waals surface area contributed by atoms with E-state index >= 15 is 0 Å². The van der Waals surface area contributed by atoms with Crippen LogP contribution in [0.4, 0.5) is 8.78 Å². The maximum Gasteiger partial charge on any atom is 0.341 e. The smallest absolute Gasteiger partial charge is 0.341 e. The number of halogens is 2. The summed E-state index contributed by atoms with van der Waals surface area (Å²) in [6.45, 7) is 2.24. The molecule has 0 bridgehead atoms. The number of aliphatic carboxylic acids is 1. The lowest BCUT2D eigenvalue weighted by Gasteiger charge is -2.23. The zero-order valence-electron chi connectivity index (χ0n) is 15.1. The summed E-state index contributed by atoms with van der Waals surface area (Å²) in [5.74, 6) is -1.26. The van der Waals surface area contributed by atoms with Crippen molar-refractivity contribution in [2.24, 2.45) is 0 Å². The topological polar surface area (TPSA) is 66.8 Å². The molecule has 0 aliphatic carbocycles. The van der Waals surface area contributed by atoms with Crippen LogP contribution in [0.1, 0.15) is 27.0 Å². The van der Waals surface area contributed by atoms with Gasteiger partial charge in [-0.25, -0.2) is 13.6 Å². The Morgan fingerprint density at radius 1 is 1.11 bits per heavy atom. The van der Waals surface area contributed by atoms with Crippen molar-refractivity contribution in [2.75, 3.05) is 13.2 Å². The van der Waals surface area contributed by atoms with Gasteiger partial charge in [-0.05, 0) is 42.7 Å². The van der Waals surface area contributed by atoms with Gasteiger partial charge in [0.05, 0.1) is 6.54 Å². The second-order valence-electron chi connectivity index (χ2n) is 6.18. The lowest BCUT2D eigenvalue weighted by molar-refractivity contribution is -0.139. The summed E-state index contributed by atoms with van der Waals surface area (Å²) >= 11 is 0.